The molecular formula is C21H27N7O2. The lowest BCUT2D eigenvalue weighted by molar-refractivity contribution is -0.142. The van der Waals surface area contributed by atoms with E-state index in [4.69, 9.17) is 10.6 Å². The van der Waals surface area contributed by atoms with E-state index < -0.39 is 0 Å². The van der Waals surface area contributed by atoms with Crippen molar-refractivity contribution < 1.29 is 9.63 Å². The number of likely N-dealkylation sites (tertiary alicyclic amines) is 2. The Labute approximate surface area is 175 Å². The highest BCUT2D eigenvalue weighted by Gasteiger charge is 2.39. The minimum absolute atomic E-state index is 0.0857. The molecule has 0 radical (unpaired) electrons. The van der Waals surface area contributed by atoms with E-state index in [1.54, 1.807) is 18.6 Å². The molecule has 2 aliphatic heterocycles. The molecule has 0 bridgehead atoms. The minimum Gasteiger partial charge on any atom is -0.399 e. The van der Waals surface area contributed by atoms with Gasteiger partial charge >= 0.3 is 0 Å². The normalized spacial score (nSPS) is 18.8. The summed E-state index contributed by atoms with van der Waals surface area (Å²) in [6.45, 7) is 3.90. The van der Waals surface area contributed by atoms with E-state index in [0.29, 0.717) is 13.1 Å². The third kappa shape index (κ3) is 4.56. The highest BCUT2D eigenvalue weighted by Crippen LogP contribution is 2.27. The lowest BCUT2D eigenvalue weighted by Crippen LogP contribution is -2.56. The number of nitrogens with two attached hydrogens (primary N) is 1. The van der Waals surface area contributed by atoms with Crippen LogP contribution in [0.5, 0.6) is 0 Å². The van der Waals surface area contributed by atoms with Gasteiger partial charge in [-0.15, -0.1) is 0 Å². The molecule has 0 spiro atoms. The molecule has 0 aliphatic carbocycles. The molecule has 0 unspecified atom stereocenters. The van der Waals surface area contributed by atoms with Crippen LogP contribution in [0.15, 0.2) is 41.9 Å². The Bertz CT molecular complexity index is 874. The highest BCUT2D eigenvalue weighted by molar-refractivity contribution is 6.02. The van der Waals surface area contributed by atoms with Crippen molar-refractivity contribution in [3.05, 3.63) is 48.0 Å². The number of nitrogens with zero attached hydrogens (tertiary/aromatic N) is 6. The second-order valence-electron chi connectivity index (χ2n) is 7.81. The van der Waals surface area contributed by atoms with Gasteiger partial charge in [-0.05, 0) is 38.1 Å². The van der Waals surface area contributed by atoms with Crippen molar-refractivity contribution in [2.45, 2.75) is 19.4 Å². The Morgan fingerprint density at radius 1 is 1.17 bits per heavy atom. The van der Waals surface area contributed by atoms with E-state index in [2.05, 4.69) is 25.0 Å². The van der Waals surface area contributed by atoms with Crippen LogP contribution >= 0.6 is 0 Å². The summed E-state index contributed by atoms with van der Waals surface area (Å²) in [5.41, 5.74) is 8.19. The Kier molecular flexibility index (Phi) is 6.18. The number of carbonyl (C=O) groups is 1. The monoisotopic (exact) mass is 409 g/mol. The van der Waals surface area contributed by atoms with Gasteiger partial charge in [0.2, 0.25) is 11.9 Å². The van der Waals surface area contributed by atoms with Gasteiger partial charge in [-0.1, -0.05) is 11.2 Å². The molecule has 2 aromatic rings. The predicted octanol–water partition coefficient (Wildman–Crippen LogP) is 1.17. The third-order valence-electron chi connectivity index (χ3n) is 5.77. The number of pyridine rings is 1. The van der Waals surface area contributed by atoms with Crippen LogP contribution in [0.4, 0.5) is 5.95 Å². The number of hydrogen-bond acceptors (Lipinski definition) is 8. The summed E-state index contributed by atoms with van der Waals surface area (Å²) in [6.07, 6.45) is 7.01. The van der Waals surface area contributed by atoms with Gasteiger partial charge in [-0.2, -0.15) is 0 Å². The first-order valence-corrected chi connectivity index (χ1v) is 10.2. The van der Waals surface area contributed by atoms with Crippen molar-refractivity contribution >= 4 is 17.6 Å². The van der Waals surface area contributed by atoms with Crippen LogP contribution in [0, 0.1) is 11.8 Å². The van der Waals surface area contributed by atoms with E-state index in [9.17, 15) is 4.79 Å². The average Bonchev–Trinajstić information content (AvgIpc) is 2.75. The Hall–Kier alpha value is -3.07. The maximum absolute atomic E-state index is 12.9. The van der Waals surface area contributed by atoms with Gasteiger partial charge in [0, 0.05) is 55.6 Å². The van der Waals surface area contributed by atoms with Crippen LogP contribution in [-0.2, 0) is 16.2 Å². The average molecular weight is 409 g/mol. The summed E-state index contributed by atoms with van der Waals surface area (Å²) in [5.74, 6) is 0.786. The molecule has 4 heterocycles. The molecule has 0 atom stereocenters. The van der Waals surface area contributed by atoms with Crippen molar-refractivity contribution in [1.29, 1.82) is 0 Å². The molecule has 4 rings (SSSR count). The topological polar surface area (TPSA) is 110 Å². The number of carbonyl (C=O) groups excluding carboxylic acids is 1. The highest BCUT2D eigenvalue weighted by atomic mass is 16.6. The number of oxime groups is 1. The zero-order valence-electron chi connectivity index (χ0n) is 17.1. The first-order chi connectivity index (χ1) is 14.6. The Morgan fingerprint density at radius 3 is 2.53 bits per heavy atom. The predicted molar refractivity (Wildman–Crippen MR) is 112 cm³/mol. The number of piperidine rings is 1. The quantitative estimate of drug-likeness (QED) is 0.563. The number of nitrogen functional groups attached to an aromatic ring is 1. The molecule has 2 fully saturated rings. The maximum Gasteiger partial charge on any atom is 0.225 e. The minimum atomic E-state index is 0.0857. The van der Waals surface area contributed by atoms with E-state index in [1.807, 2.05) is 23.1 Å². The van der Waals surface area contributed by atoms with Crippen molar-refractivity contribution in [2.24, 2.45) is 17.0 Å². The summed E-state index contributed by atoms with van der Waals surface area (Å²) < 4.78 is 0. The number of aromatic nitrogens is 3. The molecule has 2 aliphatic rings. The molecule has 9 nitrogen and oxygen atoms in total. The van der Waals surface area contributed by atoms with Gasteiger partial charge in [0.1, 0.15) is 12.8 Å². The third-order valence-corrected chi connectivity index (χ3v) is 5.77. The van der Waals surface area contributed by atoms with E-state index in [-0.39, 0.29) is 23.7 Å². The summed E-state index contributed by atoms with van der Waals surface area (Å²) in [7, 11) is 1.54. The van der Waals surface area contributed by atoms with Crippen LogP contribution in [0.2, 0.25) is 0 Å². The van der Waals surface area contributed by atoms with Crippen molar-refractivity contribution in [1.82, 2.24) is 24.8 Å². The molecule has 2 N–H and O–H groups in total. The van der Waals surface area contributed by atoms with Crippen LogP contribution in [0.1, 0.15) is 24.1 Å². The molecule has 2 aromatic heterocycles. The zero-order chi connectivity index (χ0) is 20.9. The van der Waals surface area contributed by atoms with Gasteiger partial charge in [0.25, 0.3) is 0 Å². The SMILES string of the molecule is CO/N=C(\c1ccccn1)C1CN(C(=O)C2CCN(Cc3cnc(N)nc3)CC2)C1. The summed E-state index contributed by atoms with van der Waals surface area (Å²) in [6, 6.07) is 5.72. The van der Waals surface area contributed by atoms with Crippen LogP contribution in [0.25, 0.3) is 0 Å². The molecule has 0 aromatic carbocycles. The first kappa shape index (κ1) is 20.2. The smallest absolute Gasteiger partial charge is 0.225 e. The molecular weight excluding hydrogens is 382 g/mol. The fraction of sp³-hybridized carbons (Fsp3) is 0.476. The Morgan fingerprint density at radius 2 is 1.90 bits per heavy atom. The number of hydrogen-bond donors (Lipinski definition) is 1. The lowest BCUT2D eigenvalue weighted by atomic mass is 9.88. The molecule has 0 saturated carbocycles. The summed E-state index contributed by atoms with van der Waals surface area (Å²) in [5, 5.41) is 4.17. The molecule has 30 heavy (non-hydrogen) atoms. The van der Waals surface area contributed by atoms with Gasteiger partial charge < -0.3 is 15.5 Å². The van der Waals surface area contributed by atoms with E-state index >= 15 is 0 Å². The molecule has 158 valence electrons. The maximum atomic E-state index is 12.9. The van der Waals surface area contributed by atoms with Crippen LogP contribution in [-0.4, -0.2) is 69.7 Å². The van der Waals surface area contributed by atoms with E-state index in [0.717, 1.165) is 49.4 Å². The van der Waals surface area contributed by atoms with Gasteiger partial charge in [0.05, 0.1) is 5.69 Å². The number of rotatable bonds is 6. The molecule has 2 saturated heterocycles. The zero-order valence-corrected chi connectivity index (χ0v) is 17.1. The fourth-order valence-electron chi connectivity index (χ4n) is 4.08. The van der Waals surface area contributed by atoms with Crippen molar-refractivity contribution in [3.63, 3.8) is 0 Å². The molecule has 1 amide bonds. The summed E-state index contributed by atoms with van der Waals surface area (Å²) in [4.78, 5) is 34.7. The first-order valence-electron chi connectivity index (χ1n) is 10.2. The fourth-order valence-corrected chi connectivity index (χ4v) is 4.08. The second kappa shape index (κ2) is 9.17. The van der Waals surface area contributed by atoms with Crippen molar-refractivity contribution in [3.8, 4) is 0 Å². The van der Waals surface area contributed by atoms with Crippen molar-refractivity contribution in [2.75, 3.05) is 39.0 Å². The van der Waals surface area contributed by atoms with Gasteiger partial charge in [0.15, 0.2) is 0 Å². The standard InChI is InChI=1S/C21H27N7O2/c1-30-26-19(18-4-2-3-7-23-18)17-13-28(14-17)20(29)16-5-8-27(9-6-16)12-15-10-24-21(22)25-11-15/h2-4,7,10-11,16-17H,5-6,8-9,12-14H2,1H3,(H2,22,24,25)/b26-19-. The van der Waals surface area contributed by atoms with Crippen LogP contribution < -0.4 is 5.73 Å². The summed E-state index contributed by atoms with van der Waals surface area (Å²) >= 11 is 0. The van der Waals surface area contributed by atoms with Gasteiger partial charge in [-0.25, -0.2) is 9.97 Å². The molecule has 9 heteroatoms. The second-order valence-corrected chi connectivity index (χ2v) is 7.81. The largest absolute Gasteiger partial charge is 0.399 e. The van der Waals surface area contributed by atoms with Crippen LogP contribution in [0.3, 0.4) is 0 Å². The number of amides is 1. The lowest BCUT2D eigenvalue weighted by Gasteiger charge is -2.42. The Balaban J connectivity index is 1.26. The van der Waals surface area contributed by atoms with E-state index in [1.165, 1.54) is 7.11 Å². The van der Waals surface area contributed by atoms with Gasteiger partial charge in [-0.3, -0.25) is 14.7 Å². The number of anilines is 1.